The number of carbonyl (C=O) groups is 1. The molecular weight excluding hydrogens is 340 g/mol. The molecule has 2 aromatic rings. The monoisotopic (exact) mass is 355 g/mol. The Morgan fingerprint density at radius 2 is 1.79 bits per heavy atom. The molecular formula is C17H16ClF2NO3. The summed E-state index contributed by atoms with van der Waals surface area (Å²) in [6, 6.07) is 10.9. The minimum Gasteiger partial charge on any atom is -0.493 e. The Labute approximate surface area is 143 Å². The third-order valence-electron chi connectivity index (χ3n) is 3.36. The van der Waals surface area contributed by atoms with E-state index < -0.39 is 6.61 Å². The summed E-state index contributed by atoms with van der Waals surface area (Å²) in [5.74, 6) is -0.434. The van der Waals surface area contributed by atoms with E-state index >= 15 is 0 Å². The molecule has 0 heterocycles. The van der Waals surface area contributed by atoms with E-state index in [4.69, 9.17) is 16.3 Å². The molecule has 1 N–H and O–H groups in total. The standard InChI is InChI=1S/C17H16ClF2NO3/c1-10(11-3-6-13(18)7-4-11)21-16(22)12-5-8-14(24-17(19)20)15(9-12)23-2/h3-10,17H,1-2H3,(H,21,22)/t10-/m0/s1. The summed E-state index contributed by atoms with van der Waals surface area (Å²) in [5.41, 5.74) is 1.16. The van der Waals surface area contributed by atoms with Gasteiger partial charge in [-0.1, -0.05) is 23.7 Å². The van der Waals surface area contributed by atoms with Crippen molar-refractivity contribution in [3.8, 4) is 11.5 Å². The fourth-order valence-corrected chi connectivity index (χ4v) is 2.24. The van der Waals surface area contributed by atoms with Gasteiger partial charge in [-0.3, -0.25) is 4.79 Å². The van der Waals surface area contributed by atoms with Crippen molar-refractivity contribution in [2.24, 2.45) is 0 Å². The zero-order valence-electron chi connectivity index (χ0n) is 13.1. The molecule has 24 heavy (non-hydrogen) atoms. The lowest BCUT2D eigenvalue weighted by Crippen LogP contribution is -2.26. The topological polar surface area (TPSA) is 47.6 Å². The molecule has 0 spiro atoms. The Balaban J connectivity index is 2.12. The van der Waals surface area contributed by atoms with Crippen molar-refractivity contribution in [1.82, 2.24) is 5.32 Å². The SMILES string of the molecule is COc1cc(C(=O)N[C@@H](C)c2ccc(Cl)cc2)ccc1OC(F)F. The van der Waals surface area contributed by atoms with E-state index in [2.05, 4.69) is 10.1 Å². The van der Waals surface area contributed by atoms with Crippen molar-refractivity contribution in [2.75, 3.05) is 7.11 Å². The van der Waals surface area contributed by atoms with Gasteiger partial charge >= 0.3 is 6.61 Å². The normalized spacial score (nSPS) is 11.9. The first-order valence-electron chi connectivity index (χ1n) is 7.10. The van der Waals surface area contributed by atoms with Crippen LogP contribution in [0.4, 0.5) is 8.78 Å². The smallest absolute Gasteiger partial charge is 0.387 e. The lowest BCUT2D eigenvalue weighted by Gasteiger charge is -2.16. The number of ether oxygens (including phenoxy) is 2. The van der Waals surface area contributed by atoms with Crippen molar-refractivity contribution >= 4 is 17.5 Å². The van der Waals surface area contributed by atoms with Crippen LogP contribution in [0.15, 0.2) is 42.5 Å². The molecule has 0 bridgehead atoms. The van der Waals surface area contributed by atoms with E-state index in [0.717, 1.165) is 5.56 Å². The van der Waals surface area contributed by atoms with Gasteiger partial charge < -0.3 is 14.8 Å². The molecule has 0 aliphatic heterocycles. The summed E-state index contributed by atoms with van der Waals surface area (Å²) >= 11 is 5.84. The van der Waals surface area contributed by atoms with E-state index in [-0.39, 0.29) is 29.0 Å². The summed E-state index contributed by atoms with van der Waals surface area (Å²) in [6.45, 7) is -1.14. The molecule has 2 rings (SSSR count). The van der Waals surface area contributed by atoms with Crippen LogP contribution in [0.5, 0.6) is 11.5 Å². The summed E-state index contributed by atoms with van der Waals surface area (Å²) in [4.78, 5) is 12.3. The van der Waals surface area contributed by atoms with Crippen molar-refractivity contribution in [2.45, 2.75) is 19.6 Å². The minimum absolute atomic E-state index is 0.0575. The predicted molar refractivity (Wildman–Crippen MR) is 87.0 cm³/mol. The second kappa shape index (κ2) is 7.97. The van der Waals surface area contributed by atoms with Gasteiger partial charge in [0.2, 0.25) is 0 Å². The van der Waals surface area contributed by atoms with Gasteiger partial charge in [-0.05, 0) is 42.8 Å². The van der Waals surface area contributed by atoms with Crippen molar-refractivity contribution in [1.29, 1.82) is 0 Å². The number of carbonyl (C=O) groups excluding carboxylic acids is 1. The van der Waals surface area contributed by atoms with Crippen molar-refractivity contribution in [3.63, 3.8) is 0 Å². The van der Waals surface area contributed by atoms with Crippen LogP contribution in [-0.2, 0) is 0 Å². The van der Waals surface area contributed by atoms with E-state index in [9.17, 15) is 13.6 Å². The predicted octanol–water partition coefficient (Wildman–Crippen LogP) is 4.44. The maximum Gasteiger partial charge on any atom is 0.387 e. The Bertz CT molecular complexity index is 707. The van der Waals surface area contributed by atoms with Gasteiger partial charge in [-0.25, -0.2) is 0 Å². The van der Waals surface area contributed by atoms with Crippen LogP contribution in [0.2, 0.25) is 5.02 Å². The highest BCUT2D eigenvalue weighted by molar-refractivity contribution is 6.30. The summed E-state index contributed by atoms with van der Waals surface area (Å²) in [7, 11) is 1.31. The first-order valence-corrected chi connectivity index (χ1v) is 7.47. The molecule has 0 fully saturated rings. The number of nitrogens with one attached hydrogen (secondary N) is 1. The Morgan fingerprint density at radius 1 is 1.12 bits per heavy atom. The average molecular weight is 356 g/mol. The lowest BCUT2D eigenvalue weighted by molar-refractivity contribution is -0.0512. The minimum atomic E-state index is -2.97. The van der Waals surface area contributed by atoms with E-state index in [0.29, 0.717) is 5.02 Å². The summed E-state index contributed by atoms with van der Waals surface area (Å²) in [6.07, 6.45) is 0. The maximum atomic E-state index is 12.3. The molecule has 1 atom stereocenters. The number of methoxy groups -OCH3 is 1. The number of benzene rings is 2. The fourth-order valence-electron chi connectivity index (χ4n) is 2.12. The molecule has 0 saturated heterocycles. The second-order valence-electron chi connectivity index (χ2n) is 4.99. The molecule has 0 radical (unpaired) electrons. The van der Waals surface area contributed by atoms with Crippen LogP contribution in [0.1, 0.15) is 28.9 Å². The molecule has 0 aliphatic rings. The third-order valence-corrected chi connectivity index (χ3v) is 3.61. The Kier molecular flexibility index (Phi) is 5.98. The first-order chi connectivity index (χ1) is 11.4. The molecule has 4 nitrogen and oxygen atoms in total. The molecule has 128 valence electrons. The maximum absolute atomic E-state index is 12.3. The van der Waals surface area contributed by atoms with Gasteiger partial charge in [0.25, 0.3) is 5.91 Å². The summed E-state index contributed by atoms with van der Waals surface area (Å²) < 4.78 is 34.0. The van der Waals surface area contributed by atoms with E-state index in [1.54, 1.807) is 12.1 Å². The number of hydrogen-bond acceptors (Lipinski definition) is 3. The number of rotatable bonds is 6. The van der Waals surface area contributed by atoms with Crippen LogP contribution in [-0.4, -0.2) is 19.6 Å². The third kappa shape index (κ3) is 4.58. The molecule has 0 aliphatic carbocycles. The van der Waals surface area contributed by atoms with Gasteiger partial charge in [0.15, 0.2) is 11.5 Å². The van der Waals surface area contributed by atoms with Crippen molar-refractivity contribution in [3.05, 3.63) is 58.6 Å². The Morgan fingerprint density at radius 3 is 2.38 bits per heavy atom. The van der Waals surface area contributed by atoms with Crippen LogP contribution >= 0.6 is 11.6 Å². The van der Waals surface area contributed by atoms with Gasteiger partial charge in [-0.15, -0.1) is 0 Å². The first kappa shape index (κ1) is 18.0. The number of halogens is 3. The fraction of sp³-hybridized carbons (Fsp3) is 0.235. The number of hydrogen-bond donors (Lipinski definition) is 1. The van der Waals surface area contributed by atoms with E-state index in [1.807, 2.05) is 19.1 Å². The quantitative estimate of drug-likeness (QED) is 0.833. The highest BCUT2D eigenvalue weighted by atomic mass is 35.5. The van der Waals surface area contributed by atoms with Crippen molar-refractivity contribution < 1.29 is 23.0 Å². The molecule has 7 heteroatoms. The van der Waals surface area contributed by atoms with Gasteiger partial charge in [0, 0.05) is 10.6 Å². The number of amides is 1. The van der Waals surface area contributed by atoms with Crippen LogP contribution in [0.25, 0.3) is 0 Å². The zero-order chi connectivity index (χ0) is 17.7. The highest BCUT2D eigenvalue weighted by Crippen LogP contribution is 2.29. The molecule has 0 saturated carbocycles. The van der Waals surface area contributed by atoms with Crippen LogP contribution < -0.4 is 14.8 Å². The zero-order valence-corrected chi connectivity index (χ0v) is 13.8. The van der Waals surface area contributed by atoms with Gasteiger partial charge in [-0.2, -0.15) is 8.78 Å². The van der Waals surface area contributed by atoms with Crippen LogP contribution in [0.3, 0.4) is 0 Å². The molecule has 2 aromatic carbocycles. The van der Waals surface area contributed by atoms with Crippen LogP contribution in [0, 0.1) is 0 Å². The van der Waals surface area contributed by atoms with Gasteiger partial charge in [0.1, 0.15) is 0 Å². The molecule has 0 aromatic heterocycles. The second-order valence-corrected chi connectivity index (χ2v) is 5.43. The van der Waals surface area contributed by atoms with Gasteiger partial charge in [0.05, 0.1) is 13.2 Å². The molecule has 1 amide bonds. The molecule has 0 unspecified atom stereocenters. The van der Waals surface area contributed by atoms with E-state index in [1.165, 1.54) is 25.3 Å². The lowest BCUT2D eigenvalue weighted by atomic mass is 10.1. The highest BCUT2D eigenvalue weighted by Gasteiger charge is 2.16. The average Bonchev–Trinajstić information content (AvgIpc) is 2.55. The Hall–Kier alpha value is -2.34. The number of alkyl halides is 2. The summed E-state index contributed by atoms with van der Waals surface area (Å²) in [5, 5.41) is 3.42. The largest absolute Gasteiger partial charge is 0.493 e.